The Morgan fingerprint density at radius 3 is 2.94 bits per heavy atom. The predicted octanol–water partition coefficient (Wildman–Crippen LogP) is 1.88. The van der Waals surface area contributed by atoms with Crippen LogP contribution in [0.15, 0.2) is 5.38 Å². The SMILES string of the molecule is CCC1CN(c2nc(C(C)=O)cs2)CCN1C. The molecule has 0 N–H and O–H groups in total. The fourth-order valence-corrected chi connectivity index (χ4v) is 3.03. The Bertz CT molecular complexity index is 404. The lowest BCUT2D eigenvalue weighted by Gasteiger charge is -2.38. The van der Waals surface area contributed by atoms with Crippen LogP contribution >= 0.6 is 11.3 Å². The number of thiazole rings is 1. The van der Waals surface area contributed by atoms with E-state index in [4.69, 9.17) is 0 Å². The molecule has 0 amide bonds. The molecular weight excluding hydrogens is 234 g/mol. The molecule has 0 radical (unpaired) electrons. The summed E-state index contributed by atoms with van der Waals surface area (Å²) >= 11 is 1.57. The number of Topliss-reactive ketones (excluding diaryl/α,β-unsaturated/α-hetero) is 1. The molecule has 0 bridgehead atoms. The zero-order chi connectivity index (χ0) is 12.4. The van der Waals surface area contributed by atoms with Gasteiger partial charge in [0, 0.05) is 38.0 Å². The highest BCUT2D eigenvalue weighted by Crippen LogP contribution is 2.24. The van der Waals surface area contributed by atoms with E-state index in [-0.39, 0.29) is 5.78 Å². The van der Waals surface area contributed by atoms with Crippen molar-refractivity contribution < 1.29 is 4.79 Å². The first-order valence-electron chi connectivity index (χ1n) is 6.03. The first kappa shape index (κ1) is 12.5. The molecule has 0 saturated carbocycles. The molecule has 0 aliphatic carbocycles. The summed E-state index contributed by atoms with van der Waals surface area (Å²) in [5.74, 6) is 0.0497. The van der Waals surface area contributed by atoms with E-state index in [1.807, 2.05) is 5.38 Å². The number of piperazine rings is 1. The minimum absolute atomic E-state index is 0.0497. The molecule has 1 unspecified atom stereocenters. The topological polar surface area (TPSA) is 36.4 Å². The van der Waals surface area contributed by atoms with Crippen molar-refractivity contribution in [3.05, 3.63) is 11.1 Å². The van der Waals surface area contributed by atoms with Gasteiger partial charge in [0.25, 0.3) is 0 Å². The molecule has 1 aliphatic heterocycles. The fraction of sp³-hybridized carbons (Fsp3) is 0.667. The predicted molar refractivity (Wildman–Crippen MR) is 71.0 cm³/mol. The van der Waals surface area contributed by atoms with Crippen molar-refractivity contribution in [2.24, 2.45) is 0 Å². The zero-order valence-electron chi connectivity index (χ0n) is 10.6. The van der Waals surface area contributed by atoms with Crippen LogP contribution in [-0.2, 0) is 0 Å². The molecule has 1 aliphatic rings. The molecule has 1 fully saturated rings. The van der Waals surface area contributed by atoms with Gasteiger partial charge in [0.2, 0.25) is 0 Å². The van der Waals surface area contributed by atoms with E-state index in [9.17, 15) is 4.79 Å². The van der Waals surface area contributed by atoms with Gasteiger partial charge in [-0.2, -0.15) is 0 Å². The Balaban J connectivity index is 2.09. The van der Waals surface area contributed by atoms with Crippen molar-refractivity contribution in [3.8, 4) is 0 Å². The Morgan fingerprint density at radius 2 is 2.35 bits per heavy atom. The summed E-state index contributed by atoms with van der Waals surface area (Å²) in [5, 5.41) is 2.85. The van der Waals surface area contributed by atoms with Crippen molar-refractivity contribution in [3.63, 3.8) is 0 Å². The average Bonchev–Trinajstić information content (AvgIpc) is 2.79. The van der Waals surface area contributed by atoms with E-state index in [0.717, 1.165) is 31.2 Å². The van der Waals surface area contributed by atoms with E-state index in [1.165, 1.54) is 0 Å². The van der Waals surface area contributed by atoms with Crippen molar-refractivity contribution in [1.82, 2.24) is 9.88 Å². The quantitative estimate of drug-likeness (QED) is 0.771. The van der Waals surface area contributed by atoms with Crippen LogP contribution in [0.5, 0.6) is 0 Å². The third-order valence-electron chi connectivity index (χ3n) is 3.37. The molecule has 2 rings (SSSR count). The second-order valence-electron chi connectivity index (χ2n) is 4.56. The fourth-order valence-electron chi connectivity index (χ4n) is 2.13. The molecule has 0 spiro atoms. The lowest BCUT2D eigenvalue weighted by atomic mass is 10.1. The summed E-state index contributed by atoms with van der Waals surface area (Å²) in [4.78, 5) is 20.3. The monoisotopic (exact) mass is 253 g/mol. The largest absolute Gasteiger partial charge is 0.345 e. The molecule has 1 saturated heterocycles. The lowest BCUT2D eigenvalue weighted by Crippen LogP contribution is -2.51. The zero-order valence-corrected chi connectivity index (χ0v) is 11.5. The molecule has 17 heavy (non-hydrogen) atoms. The second-order valence-corrected chi connectivity index (χ2v) is 5.40. The smallest absolute Gasteiger partial charge is 0.186 e. The first-order chi connectivity index (χ1) is 8.11. The lowest BCUT2D eigenvalue weighted by molar-refractivity contribution is 0.101. The van der Waals surface area contributed by atoms with Crippen molar-refractivity contribution >= 4 is 22.3 Å². The summed E-state index contributed by atoms with van der Waals surface area (Å²) in [7, 11) is 2.17. The number of hydrogen-bond donors (Lipinski definition) is 0. The standard InChI is InChI=1S/C12H19N3OS/c1-4-10-7-15(6-5-14(10)3)12-13-11(8-17-12)9(2)16/h8,10H,4-7H2,1-3H3. The van der Waals surface area contributed by atoms with Gasteiger partial charge in [-0.15, -0.1) is 11.3 Å². The van der Waals surface area contributed by atoms with Crippen LogP contribution in [0.2, 0.25) is 0 Å². The summed E-state index contributed by atoms with van der Waals surface area (Å²) in [5.41, 5.74) is 0.594. The highest BCUT2D eigenvalue weighted by Gasteiger charge is 2.24. The van der Waals surface area contributed by atoms with E-state index < -0.39 is 0 Å². The van der Waals surface area contributed by atoms with E-state index >= 15 is 0 Å². The molecule has 94 valence electrons. The average molecular weight is 253 g/mol. The molecule has 4 nitrogen and oxygen atoms in total. The van der Waals surface area contributed by atoms with Gasteiger partial charge >= 0.3 is 0 Å². The first-order valence-corrected chi connectivity index (χ1v) is 6.91. The van der Waals surface area contributed by atoms with Crippen LogP contribution in [0.4, 0.5) is 5.13 Å². The number of aromatic nitrogens is 1. The van der Waals surface area contributed by atoms with Gasteiger partial charge < -0.3 is 4.90 Å². The number of carbonyl (C=O) groups excluding carboxylic acids is 1. The molecule has 2 heterocycles. The highest BCUT2D eigenvalue weighted by atomic mass is 32.1. The van der Waals surface area contributed by atoms with Gasteiger partial charge in [-0.1, -0.05) is 6.92 Å². The number of carbonyl (C=O) groups is 1. The van der Waals surface area contributed by atoms with E-state index in [0.29, 0.717) is 11.7 Å². The number of hydrogen-bond acceptors (Lipinski definition) is 5. The third kappa shape index (κ3) is 2.66. The maximum atomic E-state index is 11.2. The Morgan fingerprint density at radius 1 is 1.59 bits per heavy atom. The Hall–Kier alpha value is -0.940. The van der Waals surface area contributed by atoms with Gasteiger partial charge in [-0.25, -0.2) is 4.98 Å². The van der Waals surface area contributed by atoms with Gasteiger partial charge in [-0.3, -0.25) is 9.69 Å². The summed E-state index contributed by atoms with van der Waals surface area (Å²) in [6.45, 7) is 6.86. The van der Waals surface area contributed by atoms with Crippen LogP contribution in [0.1, 0.15) is 30.8 Å². The summed E-state index contributed by atoms with van der Waals surface area (Å²) in [6, 6.07) is 0.591. The van der Waals surface area contributed by atoms with Crippen LogP contribution in [-0.4, -0.2) is 48.4 Å². The van der Waals surface area contributed by atoms with E-state index in [2.05, 4.69) is 28.8 Å². The molecule has 0 aromatic carbocycles. The summed E-state index contributed by atoms with van der Waals surface area (Å²) in [6.07, 6.45) is 1.15. The van der Waals surface area contributed by atoms with Crippen molar-refractivity contribution in [2.45, 2.75) is 26.3 Å². The van der Waals surface area contributed by atoms with Gasteiger partial charge in [0.05, 0.1) is 0 Å². The minimum atomic E-state index is 0.0497. The number of anilines is 1. The third-order valence-corrected chi connectivity index (χ3v) is 4.27. The van der Waals surface area contributed by atoms with Gasteiger partial charge in [0.15, 0.2) is 10.9 Å². The maximum absolute atomic E-state index is 11.2. The maximum Gasteiger partial charge on any atom is 0.186 e. The number of nitrogens with zero attached hydrogens (tertiary/aromatic N) is 3. The molecular formula is C12H19N3OS. The van der Waals surface area contributed by atoms with Gasteiger partial charge in [0.1, 0.15) is 5.69 Å². The summed E-state index contributed by atoms with van der Waals surface area (Å²) < 4.78 is 0. The normalized spacial score (nSPS) is 21.8. The second kappa shape index (κ2) is 5.14. The number of ketones is 1. The van der Waals surface area contributed by atoms with Gasteiger partial charge in [-0.05, 0) is 13.5 Å². The van der Waals surface area contributed by atoms with Crippen molar-refractivity contribution in [2.75, 3.05) is 31.6 Å². The molecule has 1 aromatic rings. The molecule has 1 aromatic heterocycles. The highest BCUT2D eigenvalue weighted by molar-refractivity contribution is 7.13. The van der Waals surface area contributed by atoms with Crippen molar-refractivity contribution in [1.29, 1.82) is 0 Å². The molecule has 5 heteroatoms. The number of rotatable bonds is 3. The van der Waals surface area contributed by atoms with Crippen LogP contribution < -0.4 is 4.90 Å². The molecule has 1 atom stereocenters. The number of likely N-dealkylation sites (N-methyl/N-ethyl adjacent to an activating group) is 1. The minimum Gasteiger partial charge on any atom is -0.345 e. The van der Waals surface area contributed by atoms with Crippen LogP contribution in [0.25, 0.3) is 0 Å². The van der Waals surface area contributed by atoms with Crippen LogP contribution in [0.3, 0.4) is 0 Å². The Labute approximate surface area is 106 Å². The van der Waals surface area contributed by atoms with E-state index in [1.54, 1.807) is 18.3 Å². The Kier molecular flexibility index (Phi) is 3.79. The van der Waals surface area contributed by atoms with Crippen LogP contribution in [0, 0.1) is 0 Å².